The van der Waals surface area contributed by atoms with Gasteiger partial charge in [-0.15, -0.1) is 0 Å². The Morgan fingerprint density at radius 2 is 1.87 bits per heavy atom. The molecule has 1 heterocycles. The van der Waals surface area contributed by atoms with E-state index >= 15 is 0 Å². The molecule has 1 aliphatic rings. The van der Waals surface area contributed by atoms with E-state index in [-0.39, 0.29) is 23.8 Å². The van der Waals surface area contributed by atoms with Gasteiger partial charge in [-0.2, -0.15) is 0 Å². The number of nitrogens with zero attached hydrogens (tertiary/aromatic N) is 1. The zero-order chi connectivity index (χ0) is 21.7. The van der Waals surface area contributed by atoms with Crippen molar-refractivity contribution in [3.05, 3.63) is 64.7 Å². The zero-order valence-corrected chi connectivity index (χ0v) is 18.1. The number of methoxy groups -OCH3 is 1. The highest BCUT2D eigenvalue weighted by atomic mass is 35.5. The minimum absolute atomic E-state index is 0.0824. The van der Waals surface area contributed by atoms with Crippen LogP contribution in [0.15, 0.2) is 48.5 Å². The molecule has 7 nitrogen and oxygen atoms in total. The molecule has 1 N–H and O–H groups in total. The highest BCUT2D eigenvalue weighted by Crippen LogP contribution is 2.25. The number of para-hydroxylation sites is 1. The van der Waals surface area contributed by atoms with Crippen molar-refractivity contribution in [3.63, 3.8) is 0 Å². The molecule has 30 heavy (non-hydrogen) atoms. The fourth-order valence-corrected chi connectivity index (χ4v) is 5.35. The van der Waals surface area contributed by atoms with Gasteiger partial charge in [0.25, 0.3) is 0 Å². The van der Waals surface area contributed by atoms with E-state index in [0.717, 1.165) is 0 Å². The van der Waals surface area contributed by atoms with E-state index < -0.39 is 21.9 Å². The lowest BCUT2D eigenvalue weighted by Gasteiger charge is -2.31. The minimum Gasteiger partial charge on any atom is -0.465 e. The second-order valence-corrected chi connectivity index (χ2v) is 9.45. The number of benzene rings is 2. The van der Waals surface area contributed by atoms with Crippen LogP contribution in [-0.2, 0) is 25.3 Å². The van der Waals surface area contributed by atoms with E-state index in [0.29, 0.717) is 35.7 Å². The Bertz CT molecular complexity index is 1040. The molecule has 1 fully saturated rings. The molecule has 1 atom stereocenters. The first kappa shape index (κ1) is 22.3. The number of sulfonamides is 1. The molecule has 1 amide bonds. The van der Waals surface area contributed by atoms with Gasteiger partial charge >= 0.3 is 5.97 Å². The number of nitrogens with one attached hydrogen (secondary N) is 1. The Morgan fingerprint density at radius 1 is 1.17 bits per heavy atom. The molecule has 0 aliphatic carbocycles. The first-order valence-corrected chi connectivity index (χ1v) is 11.5. The van der Waals surface area contributed by atoms with Gasteiger partial charge in [-0.3, -0.25) is 4.79 Å². The predicted octanol–water partition coefficient (Wildman–Crippen LogP) is 3.31. The fourth-order valence-electron chi connectivity index (χ4n) is 3.43. The number of halogens is 1. The van der Waals surface area contributed by atoms with Crippen LogP contribution in [0.25, 0.3) is 0 Å². The lowest BCUT2D eigenvalue weighted by molar-refractivity contribution is -0.120. The van der Waals surface area contributed by atoms with Crippen LogP contribution in [-0.4, -0.2) is 44.8 Å². The van der Waals surface area contributed by atoms with Crippen molar-refractivity contribution in [3.8, 4) is 0 Å². The third kappa shape index (κ3) is 5.19. The standard InChI is InChI=1S/C21H23ClN2O5S/c1-29-21(26)17-9-3-5-11-19(17)23-20(25)15-8-6-12-24(13-15)30(27,28)14-16-7-2-4-10-18(16)22/h2-5,7,9-11,15H,6,8,12-14H2,1H3,(H,23,25)/t15-/m0/s1. The summed E-state index contributed by atoms with van der Waals surface area (Å²) >= 11 is 6.11. The zero-order valence-electron chi connectivity index (χ0n) is 16.5. The summed E-state index contributed by atoms with van der Waals surface area (Å²) in [5.41, 5.74) is 1.11. The van der Waals surface area contributed by atoms with E-state index in [2.05, 4.69) is 5.32 Å². The van der Waals surface area contributed by atoms with Crippen molar-refractivity contribution >= 4 is 39.2 Å². The highest BCUT2D eigenvalue weighted by Gasteiger charge is 2.33. The molecule has 0 saturated carbocycles. The monoisotopic (exact) mass is 450 g/mol. The number of piperidine rings is 1. The number of rotatable bonds is 6. The normalized spacial score (nSPS) is 17.3. The van der Waals surface area contributed by atoms with Crippen molar-refractivity contribution in [2.75, 3.05) is 25.5 Å². The Kier molecular flexibility index (Phi) is 7.12. The Morgan fingerprint density at radius 3 is 2.60 bits per heavy atom. The van der Waals surface area contributed by atoms with E-state index in [1.807, 2.05) is 0 Å². The number of anilines is 1. The van der Waals surface area contributed by atoms with Crippen LogP contribution in [0.1, 0.15) is 28.8 Å². The summed E-state index contributed by atoms with van der Waals surface area (Å²) in [7, 11) is -2.36. The molecule has 0 aromatic heterocycles. The van der Waals surface area contributed by atoms with Crippen molar-refractivity contribution in [2.45, 2.75) is 18.6 Å². The number of hydrogen-bond acceptors (Lipinski definition) is 5. The first-order valence-electron chi connectivity index (χ1n) is 9.51. The van der Waals surface area contributed by atoms with Crippen LogP contribution in [0.5, 0.6) is 0 Å². The number of ether oxygens (including phenoxy) is 1. The second-order valence-electron chi connectivity index (χ2n) is 7.07. The quantitative estimate of drug-likeness (QED) is 0.681. The van der Waals surface area contributed by atoms with Crippen LogP contribution in [0.4, 0.5) is 5.69 Å². The van der Waals surface area contributed by atoms with Gasteiger partial charge in [0, 0.05) is 18.1 Å². The summed E-state index contributed by atoms with van der Waals surface area (Å²) in [5.74, 6) is -1.63. The minimum atomic E-state index is -3.63. The second kappa shape index (κ2) is 9.59. The smallest absolute Gasteiger partial charge is 0.339 e. The summed E-state index contributed by atoms with van der Waals surface area (Å²) in [5, 5.41) is 3.14. The fraction of sp³-hybridized carbons (Fsp3) is 0.333. The molecule has 3 rings (SSSR count). The van der Waals surface area contributed by atoms with Gasteiger partial charge < -0.3 is 10.1 Å². The molecule has 0 bridgehead atoms. The summed E-state index contributed by atoms with van der Waals surface area (Å²) in [6.07, 6.45) is 1.13. The van der Waals surface area contributed by atoms with Gasteiger partial charge in [0.2, 0.25) is 15.9 Å². The Labute approximate surface area is 181 Å². The first-order chi connectivity index (χ1) is 14.3. The molecular weight excluding hydrogens is 428 g/mol. The van der Waals surface area contributed by atoms with Crippen molar-refractivity contribution in [1.82, 2.24) is 4.31 Å². The number of amides is 1. The molecule has 2 aromatic rings. The van der Waals surface area contributed by atoms with Crippen molar-refractivity contribution < 1.29 is 22.7 Å². The molecule has 1 aliphatic heterocycles. The van der Waals surface area contributed by atoms with Crippen LogP contribution in [0.2, 0.25) is 5.02 Å². The molecule has 2 aromatic carbocycles. The molecule has 1 saturated heterocycles. The van der Waals surface area contributed by atoms with Gasteiger partial charge in [0.15, 0.2) is 0 Å². The van der Waals surface area contributed by atoms with E-state index in [1.54, 1.807) is 48.5 Å². The summed E-state index contributed by atoms with van der Waals surface area (Å²) in [6, 6.07) is 13.3. The maximum Gasteiger partial charge on any atom is 0.339 e. The van der Waals surface area contributed by atoms with E-state index in [4.69, 9.17) is 16.3 Å². The molecule has 160 valence electrons. The lowest BCUT2D eigenvalue weighted by atomic mass is 9.98. The van der Waals surface area contributed by atoms with E-state index in [9.17, 15) is 18.0 Å². The molecule has 0 spiro atoms. The van der Waals surface area contributed by atoms with E-state index in [1.165, 1.54) is 11.4 Å². The van der Waals surface area contributed by atoms with Crippen molar-refractivity contribution in [2.24, 2.45) is 5.92 Å². The third-order valence-electron chi connectivity index (χ3n) is 5.03. The number of carbonyl (C=O) groups excluding carboxylic acids is 2. The summed E-state index contributed by atoms with van der Waals surface area (Å²) < 4.78 is 31.9. The molecule has 0 unspecified atom stereocenters. The number of hydrogen-bond donors (Lipinski definition) is 1. The van der Waals surface area contributed by atoms with Crippen LogP contribution in [0.3, 0.4) is 0 Å². The van der Waals surface area contributed by atoms with Gasteiger partial charge in [0.05, 0.1) is 30.0 Å². The predicted molar refractivity (Wildman–Crippen MR) is 115 cm³/mol. The van der Waals surface area contributed by atoms with Crippen LogP contribution >= 0.6 is 11.6 Å². The van der Waals surface area contributed by atoms with Gasteiger partial charge in [-0.05, 0) is 36.6 Å². The molecule has 9 heteroatoms. The maximum absolute atomic E-state index is 12.9. The Hall–Kier alpha value is -2.42. The Balaban J connectivity index is 1.71. The maximum atomic E-state index is 12.9. The van der Waals surface area contributed by atoms with Crippen LogP contribution < -0.4 is 5.32 Å². The lowest BCUT2D eigenvalue weighted by Crippen LogP contribution is -2.44. The average molecular weight is 451 g/mol. The van der Waals surface area contributed by atoms with Crippen molar-refractivity contribution in [1.29, 1.82) is 0 Å². The number of carbonyl (C=O) groups is 2. The highest BCUT2D eigenvalue weighted by molar-refractivity contribution is 7.88. The molecule has 0 radical (unpaired) electrons. The number of esters is 1. The summed E-state index contributed by atoms with van der Waals surface area (Å²) in [6.45, 7) is 0.439. The largest absolute Gasteiger partial charge is 0.465 e. The third-order valence-corrected chi connectivity index (χ3v) is 7.20. The SMILES string of the molecule is COC(=O)c1ccccc1NC(=O)[C@H]1CCCN(S(=O)(=O)Cc2ccccc2Cl)C1. The molecular formula is C21H23ClN2O5S. The van der Waals surface area contributed by atoms with Crippen LogP contribution in [0, 0.1) is 5.92 Å². The van der Waals surface area contributed by atoms with Gasteiger partial charge in [-0.25, -0.2) is 17.5 Å². The summed E-state index contributed by atoms with van der Waals surface area (Å²) in [4.78, 5) is 24.7. The van der Waals surface area contributed by atoms with Gasteiger partial charge in [-0.1, -0.05) is 41.9 Å². The topological polar surface area (TPSA) is 92.8 Å². The average Bonchev–Trinajstić information content (AvgIpc) is 2.75. The van der Waals surface area contributed by atoms with Gasteiger partial charge in [0.1, 0.15) is 0 Å².